The van der Waals surface area contributed by atoms with Crippen molar-refractivity contribution in [2.45, 2.75) is 32.2 Å². The lowest BCUT2D eigenvalue weighted by atomic mass is 10.1. The molecule has 0 atom stereocenters. The number of carbonyl (C=O) groups is 3. The third-order valence-corrected chi connectivity index (χ3v) is 4.48. The number of aromatic carboxylic acids is 1. The van der Waals surface area contributed by atoms with Gasteiger partial charge in [-0.05, 0) is 56.0 Å². The molecule has 2 aromatic rings. The average molecular weight is 397 g/mol. The van der Waals surface area contributed by atoms with Crippen LogP contribution in [0.15, 0.2) is 36.4 Å². The molecule has 0 unspecified atom stereocenters. The van der Waals surface area contributed by atoms with Gasteiger partial charge in [0.05, 0.1) is 11.3 Å². The minimum atomic E-state index is -1.07. The molecule has 0 aliphatic heterocycles. The molecule has 0 saturated heterocycles. The highest BCUT2D eigenvalue weighted by Gasteiger charge is 2.23. The topological polar surface area (TPSA) is 118 Å². The van der Waals surface area contributed by atoms with E-state index in [9.17, 15) is 14.4 Å². The second-order valence-electron chi connectivity index (χ2n) is 6.91. The number of rotatable bonds is 9. The SMILES string of the molecule is Cc1nc(C(=O)NCCc2ccc(OCC(=O)NC3CC3)cc2)ccc1C(=O)O. The molecule has 29 heavy (non-hydrogen) atoms. The van der Waals surface area contributed by atoms with Gasteiger partial charge in [0.15, 0.2) is 6.61 Å². The number of carbonyl (C=O) groups excluding carboxylic acids is 2. The summed E-state index contributed by atoms with van der Waals surface area (Å²) in [4.78, 5) is 38.8. The molecule has 3 N–H and O–H groups in total. The molecule has 3 rings (SSSR count). The number of hydrogen-bond acceptors (Lipinski definition) is 5. The van der Waals surface area contributed by atoms with Gasteiger partial charge in [0.1, 0.15) is 11.4 Å². The van der Waals surface area contributed by atoms with E-state index in [-0.39, 0.29) is 29.7 Å². The number of aryl methyl sites for hydroxylation is 1. The summed E-state index contributed by atoms with van der Waals surface area (Å²) in [6.45, 7) is 1.96. The average Bonchev–Trinajstić information content (AvgIpc) is 3.51. The van der Waals surface area contributed by atoms with Crippen molar-refractivity contribution in [3.05, 3.63) is 58.9 Å². The molecule has 1 saturated carbocycles. The van der Waals surface area contributed by atoms with Crippen LogP contribution in [0.2, 0.25) is 0 Å². The molecular formula is C21H23N3O5. The van der Waals surface area contributed by atoms with Gasteiger partial charge < -0.3 is 20.5 Å². The smallest absolute Gasteiger partial charge is 0.337 e. The minimum Gasteiger partial charge on any atom is -0.484 e. The number of pyridine rings is 1. The molecule has 1 heterocycles. The number of nitrogens with one attached hydrogen (secondary N) is 2. The molecule has 0 spiro atoms. The molecule has 0 bridgehead atoms. The van der Waals surface area contributed by atoms with Crippen LogP contribution in [0.3, 0.4) is 0 Å². The standard InChI is InChI=1S/C21H23N3O5/c1-13-17(21(27)28)8-9-18(23-13)20(26)22-11-10-14-2-6-16(7-3-14)29-12-19(25)24-15-4-5-15/h2-3,6-9,15H,4-5,10-12H2,1H3,(H,22,26)(H,24,25)(H,27,28). The van der Waals surface area contributed by atoms with E-state index in [1.54, 1.807) is 19.1 Å². The normalized spacial score (nSPS) is 12.9. The summed E-state index contributed by atoms with van der Waals surface area (Å²) in [6, 6.07) is 10.4. The third-order valence-electron chi connectivity index (χ3n) is 4.48. The van der Waals surface area contributed by atoms with Crippen LogP contribution in [0.5, 0.6) is 5.75 Å². The van der Waals surface area contributed by atoms with E-state index in [1.165, 1.54) is 12.1 Å². The van der Waals surface area contributed by atoms with Crippen LogP contribution in [-0.2, 0) is 11.2 Å². The second kappa shape index (κ2) is 9.18. The molecule has 152 valence electrons. The molecule has 8 nitrogen and oxygen atoms in total. The molecule has 8 heteroatoms. The zero-order chi connectivity index (χ0) is 20.8. The summed E-state index contributed by atoms with van der Waals surface area (Å²) < 4.78 is 5.46. The van der Waals surface area contributed by atoms with Gasteiger partial charge >= 0.3 is 5.97 Å². The Morgan fingerprint density at radius 3 is 2.48 bits per heavy atom. The van der Waals surface area contributed by atoms with Crippen LogP contribution in [0.1, 0.15) is 44.9 Å². The van der Waals surface area contributed by atoms with Crippen LogP contribution in [0, 0.1) is 6.92 Å². The lowest BCUT2D eigenvalue weighted by molar-refractivity contribution is -0.123. The van der Waals surface area contributed by atoms with Gasteiger partial charge in [-0.3, -0.25) is 9.59 Å². The maximum absolute atomic E-state index is 12.2. The first-order valence-corrected chi connectivity index (χ1v) is 9.42. The predicted octanol–water partition coefficient (Wildman–Crippen LogP) is 1.72. The fourth-order valence-corrected chi connectivity index (χ4v) is 2.72. The predicted molar refractivity (Wildman–Crippen MR) is 105 cm³/mol. The summed E-state index contributed by atoms with van der Waals surface area (Å²) in [6.07, 6.45) is 2.70. The highest BCUT2D eigenvalue weighted by molar-refractivity contribution is 5.94. The number of benzene rings is 1. The molecular weight excluding hydrogens is 374 g/mol. The monoisotopic (exact) mass is 397 g/mol. The van der Waals surface area contributed by atoms with Crippen LogP contribution in [-0.4, -0.2) is 47.1 Å². The second-order valence-corrected chi connectivity index (χ2v) is 6.91. The first-order chi connectivity index (χ1) is 13.9. The van der Waals surface area contributed by atoms with E-state index in [0.717, 1.165) is 18.4 Å². The van der Waals surface area contributed by atoms with Crippen LogP contribution in [0.25, 0.3) is 0 Å². The van der Waals surface area contributed by atoms with Gasteiger partial charge in [0.25, 0.3) is 11.8 Å². The van der Waals surface area contributed by atoms with E-state index < -0.39 is 5.97 Å². The van der Waals surface area contributed by atoms with Crippen molar-refractivity contribution in [3.63, 3.8) is 0 Å². The zero-order valence-corrected chi connectivity index (χ0v) is 16.1. The molecule has 1 aliphatic rings. The molecule has 1 aromatic heterocycles. The lowest BCUT2D eigenvalue weighted by Crippen LogP contribution is -2.30. The fourth-order valence-electron chi connectivity index (χ4n) is 2.72. The number of carboxylic acid groups (broad SMARTS) is 1. The van der Waals surface area contributed by atoms with Crippen LogP contribution in [0.4, 0.5) is 0 Å². The van der Waals surface area contributed by atoms with Crippen molar-refractivity contribution in [2.24, 2.45) is 0 Å². The van der Waals surface area contributed by atoms with E-state index in [0.29, 0.717) is 30.5 Å². The van der Waals surface area contributed by atoms with Crippen molar-refractivity contribution in [3.8, 4) is 5.75 Å². The number of ether oxygens (including phenoxy) is 1. The summed E-state index contributed by atoms with van der Waals surface area (Å²) in [7, 11) is 0. The molecule has 2 amide bonds. The Morgan fingerprint density at radius 1 is 1.14 bits per heavy atom. The molecule has 1 aliphatic carbocycles. The molecule has 1 aromatic carbocycles. The number of hydrogen-bond donors (Lipinski definition) is 3. The van der Waals surface area contributed by atoms with Gasteiger partial charge in [-0.25, -0.2) is 9.78 Å². The number of amides is 2. The Hall–Kier alpha value is -3.42. The first-order valence-electron chi connectivity index (χ1n) is 9.42. The summed E-state index contributed by atoms with van der Waals surface area (Å²) >= 11 is 0. The fraction of sp³-hybridized carbons (Fsp3) is 0.333. The van der Waals surface area contributed by atoms with Crippen molar-refractivity contribution < 1.29 is 24.2 Å². The quantitative estimate of drug-likeness (QED) is 0.593. The number of aromatic nitrogens is 1. The zero-order valence-electron chi connectivity index (χ0n) is 16.1. The van der Waals surface area contributed by atoms with Gasteiger partial charge in [0.2, 0.25) is 0 Å². The minimum absolute atomic E-state index is 0.00100. The first kappa shape index (κ1) is 20.3. The Bertz CT molecular complexity index is 907. The highest BCUT2D eigenvalue weighted by Crippen LogP contribution is 2.18. The van der Waals surface area contributed by atoms with Gasteiger partial charge in [-0.2, -0.15) is 0 Å². The Labute approximate surface area is 168 Å². The summed E-state index contributed by atoms with van der Waals surface area (Å²) in [5, 5.41) is 14.6. The Kier molecular flexibility index (Phi) is 6.43. The van der Waals surface area contributed by atoms with Gasteiger partial charge in [-0.1, -0.05) is 12.1 Å². The lowest BCUT2D eigenvalue weighted by Gasteiger charge is -2.09. The third kappa shape index (κ3) is 6.03. The molecule has 1 fully saturated rings. The van der Waals surface area contributed by atoms with E-state index in [1.807, 2.05) is 12.1 Å². The molecule has 0 radical (unpaired) electrons. The van der Waals surface area contributed by atoms with Crippen molar-refractivity contribution >= 4 is 17.8 Å². The summed E-state index contributed by atoms with van der Waals surface area (Å²) in [5.41, 5.74) is 1.56. The van der Waals surface area contributed by atoms with Crippen LogP contribution >= 0.6 is 0 Å². The van der Waals surface area contributed by atoms with E-state index in [2.05, 4.69) is 15.6 Å². The number of nitrogens with zero attached hydrogens (tertiary/aromatic N) is 1. The maximum atomic E-state index is 12.2. The van der Waals surface area contributed by atoms with E-state index in [4.69, 9.17) is 9.84 Å². The van der Waals surface area contributed by atoms with Gasteiger partial charge in [0, 0.05) is 12.6 Å². The van der Waals surface area contributed by atoms with Crippen molar-refractivity contribution in [2.75, 3.05) is 13.2 Å². The summed E-state index contributed by atoms with van der Waals surface area (Å²) in [5.74, 6) is -0.925. The van der Waals surface area contributed by atoms with E-state index >= 15 is 0 Å². The largest absolute Gasteiger partial charge is 0.484 e. The number of carboxylic acids is 1. The van der Waals surface area contributed by atoms with Crippen molar-refractivity contribution in [1.29, 1.82) is 0 Å². The van der Waals surface area contributed by atoms with Gasteiger partial charge in [-0.15, -0.1) is 0 Å². The van der Waals surface area contributed by atoms with Crippen molar-refractivity contribution in [1.82, 2.24) is 15.6 Å². The van der Waals surface area contributed by atoms with Crippen LogP contribution < -0.4 is 15.4 Å². The Balaban J connectivity index is 1.42. The highest BCUT2D eigenvalue weighted by atomic mass is 16.5. The Morgan fingerprint density at radius 2 is 1.86 bits per heavy atom. The maximum Gasteiger partial charge on any atom is 0.337 e.